The van der Waals surface area contributed by atoms with Crippen LogP contribution in [0, 0.1) is 5.92 Å². The summed E-state index contributed by atoms with van der Waals surface area (Å²) < 4.78 is 0. The van der Waals surface area contributed by atoms with Gasteiger partial charge >= 0.3 is 0 Å². The minimum atomic E-state index is 0.147. The third kappa shape index (κ3) is 3.12. The Balaban J connectivity index is 1.90. The van der Waals surface area contributed by atoms with Crippen LogP contribution in [0.3, 0.4) is 0 Å². The summed E-state index contributed by atoms with van der Waals surface area (Å²) in [5.74, 6) is 0.658. The van der Waals surface area contributed by atoms with Gasteiger partial charge in [-0.15, -0.1) is 11.3 Å². The molecule has 0 aromatic carbocycles. The van der Waals surface area contributed by atoms with Crippen molar-refractivity contribution in [2.75, 3.05) is 19.6 Å². The van der Waals surface area contributed by atoms with Gasteiger partial charge in [0.05, 0.1) is 6.54 Å². The van der Waals surface area contributed by atoms with Gasteiger partial charge in [-0.25, -0.2) is 0 Å². The summed E-state index contributed by atoms with van der Waals surface area (Å²) in [5.41, 5.74) is 1.41. The van der Waals surface area contributed by atoms with Crippen LogP contribution in [0.15, 0.2) is 11.4 Å². The first-order valence-corrected chi connectivity index (χ1v) is 7.53. The molecule has 0 radical (unpaired) electrons. The van der Waals surface area contributed by atoms with E-state index in [1.165, 1.54) is 10.4 Å². The molecule has 1 aromatic heterocycles. The zero-order valence-electron chi connectivity index (χ0n) is 11.4. The molecule has 3 nitrogen and oxygen atoms in total. The zero-order valence-corrected chi connectivity index (χ0v) is 12.2. The Hall–Kier alpha value is -0.870. The van der Waals surface area contributed by atoms with E-state index in [1.54, 1.807) is 0 Å². The third-order valence-electron chi connectivity index (χ3n) is 3.46. The predicted molar refractivity (Wildman–Crippen MR) is 75.9 cm³/mol. The van der Waals surface area contributed by atoms with Crippen molar-refractivity contribution >= 4 is 17.2 Å². The van der Waals surface area contributed by atoms with E-state index in [4.69, 9.17) is 0 Å². The van der Waals surface area contributed by atoms with Gasteiger partial charge in [-0.2, -0.15) is 0 Å². The van der Waals surface area contributed by atoms with Gasteiger partial charge in [-0.1, -0.05) is 13.8 Å². The van der Waals surface area contributed by atoms with Crippen LogP contribution < -0.4 is 5.32 Å². The van der Waals surface area contributed by atoms with Crippen molar-refractivity contribution in [1.82, 2.24) is 10.2 Å². The maximum absolute atomic E-state index is 11.9. The highest BCUT2D eigenvalue weighted by Crippen LogP contribution is 2.32. The van der Waals surface area contributed by atoms with Crippen molar-refractivity contribution in [1.29, 1.82) is 0 Å². The fraction of sp³-hybridized carbons (Fsp3) is 0.643. The van der Waals surface area contributed by atoms with Gasteiger partial charge in [0.25, 0.3) is 0 Å². The minimum absolute atomic E-state index is 0.147. The molecular formula is C14H22N2OS. The van der Waals surface area contributed by atoms with Crippen LogP contribution in [0.2, 0.25) is 0 Å². The number of nitrogens with one attached hydrogen (secondary N) is 1. The molecule has 0 bridgehead atoms. The van der Waals surface area contributed by atoms with Gasteiger partial charge in [-0.05, 0) is 36.3 Å². The van der Waals surface area contributed by atoms with Gasteiger partial charge in [-0.3, -0.25) is 9.69 Å². The highest BCUT2D eigenvalue weighted by molar-refractivity contribution is 7.10. The Morgan fingerprint density at radius 1 is 1.61 bits per heavy atom. The smallest absolute Gasteiger partial charge is 0.234 e. The summed E-state index contributed by atoms with van der Waals surface area (Å²) in [6, 6.07) is 2.56. The molecule has 1 N–H and O–H groups in total. The fourth-order valence-electron chi connectivity index (χ4n) is 2.34. The van der Waals surface area contributed by atoms with Crippen LogP contribution in [0.4, 0.5) is 0 Å². The van der Waals surface area contributed by atoms with Gasteiger partial charge in [0.2, 0.25) is 5.91 Å². The Kier molecular flexibility index (Phi) is 4.40. The topological polar surface area (TPSA) is 32.3 Å². The maximum Gasteiger partial charge on any atom is 0.234 e. The molecular weight excluding hydrogens is 244 g/mol. The van der Waals surface area contributed by atoms with E-state index in [2.05, 4.69) is 42.4 Å². The van der Waals surface area contributed by atoms with E-state index < -0.39 is 0 Å². The molecule has 0 fully saturated rings. The summed E-state index contributed by atoms with van der Waals surface area (Å²) in [6.07, 6.45) is 1.08. The number of carbonyl (C=O) groups excluding carboxylic acids is 1. The molecule has 2 heterocycles. The first-order chi connectivity index (χ1) is 8.58. The molecule has 4 heteroatoms. The lowest BCUT2D eigenvalue weighted by Gasteiger charge is -2.33. The average Bonchev–Trinajstić information content (AvgIpc) is 2.79. The SMILES string of the molecule is CC(C)CNC(=O)CN1CCc2sccc2[C@@H]1C. The standard InChI is InChI=1S/C14H22N2OS/c1-10(2)8-15-14(17)9-16-6-4-13-12(11(16)3)5-7-18-13/h5,7,10-11H,4,6,8-9H2,1-3H3,(H,15,17)/t11-/m0/s1. The lowest BCUT2D eigenvalue weighted by molar-refractivity contribution is -0.123. The van der Waals surface area contributed by atoms with Gasteiger partial charge in [0.1, 0.15) is 0 Å². The Bertz CT molecular complexity index is 414. The Labute approximate surface area is 113 Å². The van der Waals surface area contributed by atoms with E-state index in [1.807, 2.05) is 11.3 Å². The molecule has 18 heavy (non-hydrogen) atoms. The zero-order chi connectivity index (χ0) is 13.1. The van der Waals surface area contributed by atoms with Gasteiger partial charge in [0.15, 0.2) is 0 Å². The van der Waals surface area contributed by atoms with Gasteiger partial charge < -0.3 is 5.32 Å². The van der Waals surface area contributed by atoms with Crippen molar-refractivity contribution in [2.45, 2.75) is 33.2 Å². The quantitative estimate of drug-likeness (QED) is 0.908. The highest BCUT2D eigenvalue weighted by atomic mass is 32.1. The number of hydrogen-bond acceptors (Lipinski definition) is 3. The predicted octanol–water partition coefficient (Wildman–Crippen LogP) is 2.44. The molecule has 1 aliphatic rings. The molecule has 0 saturated carbocycles. The lowest BCUT2D eigenvalue weighted by Crippen LogP contribution is -2.42. The van der Waals surface area contributed by atoms with E-state index >= 15 is 0 Å². The number of amides is 1. The van der Waals surface area contributed by atoms with E-state index in [-0.39, 0.29) is 5.91 Å². The lowest BCUT2D eigenvalue weighted by atomic mass is 10.0. The Morgan fingerprint density at radius 3 is 3.11 bits per heavy atom. The second-order valence-corrected chi connectivity index (χ2v) is 6.39. The molecule has 1 aliphatic heterocycles. The van der Waals surface area contributed by atoms with Crippen LogP contribution in [-0.2, 0) is 11.2 Å². The number of carbonyl (C=O) groups is 1. The van der Waals surface area contributed by atoms with Crippen LogP contribution in [-0.4, -0.2) is 30.4 Å². The molecule has 1 atom stereocenters. The number of thiophene rings is 1. The van der Waals surface area contributed by atoms with Crippen LogP contribution in [0.5, 0.6) is 0 Å². The summed E-state index contributed by atoms with van der Waals surface area (Å²) >= 11 is 1.84. The highest BCUT2D eigenvalue weighted by Gasteiger charge is 2.25. The molecule has 0 aliphatic carbocycles. The summed E-state index contributed by atoms with van der Waals surface area (Å²) in [5, 5.41) is 5.15. The number of fused-ring (bicyclic) bond motifs is 1. The van der Waals surface area contributed by atoms with Crippen LogP contribution in [0.1, 0.15) is 37.3 Å². The number of nitrogens with zero attached hydrogens (tertiary/aromatic N) is 1. The van der Waals surface area contributed by atoms with E-state index in [0.29, 0.717) is 18.5 Å². The first-order valence-electron chi connectivity index (χ1n) is 6.65. The molecule has 100 valence electrons. The van der Waals surface area contributed by atoms with E-state index in [9.17, 15) is 4.79 Å². The minimum Gasteiger partial charge on any atom is -0.355 e. The molecule has 1 amide bonds. The number of rotatable bonds is 4. The first kappa shape index (κ1) is 13.6. The molecule has 0 spiro atoms. The monoisotopic (exact) mass is 266 g/mol. The molecule has 0 saturated heterocycles. The summed E-state index contributed by atoms with van der Waals surface area (Å²) in [7, 11) is 0. The molecule has 2 rings (SSSR count). The van der Waals surface area contributed by atoms with Crippen molar-refractivity contribution in [3.05, 3.63) is 21.9 Å². The molecule has 1 aromatic rings. The van der Waals surface area contributed by atoms with Crippen molar-refractivity contribution < 1.29 is 4.79 Å². The van der Waals surface area contributed by atoms with Crippen LogP contribution in [0.25, 0.3) is 0 Å². The summed E-state index contributed by atoms with van der Waals surface area (Å²) in [4.78, 5) is 15.6. The second-order valence-electron chi connectivity index (χ2n) is 5.39. The van der Waals surface area contributed by atoms with E-state index in [0.717, 1.165) is 19.5 Å². The number of hydrogen-bond donors (Lipinski definition) is 1. The second kappa shape index (κ2) is 5.85. The third-order valence-corrected chi connectivity index (χ3v) is 4.45. The van der Waals surface area contributed by atoms with Crippen molar-refractivity contribution in [3.8, 4) is 0 Å². The van der Waals surface area contributed by atoms with Gasteiger partial charge in [0, 0.05) is 24.0 Å². The average molecular weight is 266 g/mol. The normalized spacial score (nSPS) is 19.9. The maximum atomic E-state index is 11.9. The summed E-state index contributed by atoms with van der Waals surface area (Å²) in [6.45, 7) is 8.70. The van der Waals surface area contributed by atoms with Crippen molar-refractivity contribution in [2.24, 2.45) is 5.92 Å². The largest absolute Gasteiger partial charge is 0.355 e. The van der Waals surface area contributed by atoms with Crippen molar-refractivity contribution in [3.63, 3.8) is 0 Å². The molecule has 0 unspecified atom stereocenters. The van der Waals surface area contributed by atoms with Crippen LogP contribution >= 0.6 is 11.3 Å². The Morgan fingerprint density at radius 2 is 2.39 bits per heavy atom. The fourth-order valence-corrected chi connectivity index (χ4v) is 3.30.